The van der Waals surface area contributed by atoms with E-state index in [0.29, 0.717) is 28.1 Å². The van der Waals surface area contributed by atoms with Crippen LogP contribution in [0.15, 0.2) is 52.6 Å². The maximum absolute atomic E-state index is 12.1. The van der Waals surface area contributed by atoms with E-state index in [1.807, 2.05) is 43.3 Å². The second kappa shape index (κ2) is 7.42. The summed E-state index contributed by atoms with van der Waals surface area (Å²) in [5.74, 6) is 0.667. The third-order valence-corrected chi connectivity index (χ3v) is 7.09. The summed E-state index contributed by atoms with van der Waals surface area (Å²) >= 11 is 7.70. The predicted octanol–water partition coefficient (Wildman–Crippen LogP) is 3.78. The summed E-state index contributed by atoms with van der Waals surface area (Å²) in [7, 11) is -3.28. The van der Waals surface area contributed by atoms with Crippen molar-refractivity contribution in [2.45, 2.75) is 19.4 Å². The highest BCUT2D eigenvalue weighted by atomic mass is 35.5. The van der Waals surface area contributed by atoms with E-state index < -0.39 is 10.0 Å². The van der Waals surface area contributed by atoms with Gasteiger partial charge in [-0.05, 0) is 48.7 Å². The number of nitrogens with one attached hydrogen (secondary N) is 1. The lowest BCUT2D eigenvalue weighted by atomic mass is 10.0. The lowest BCUT2D eigenvalue weighted by Gasteiger charge is -2.22. The molecule has 0 unspecified atom stereocenters. The highest BCUT2D eigenvalue weighted by molar-refractivity contribution is 8.14. The average Bonchev–Trinajstić information content (AvgIpc) is 2.99. The van der Waals surface area contributed by atoms with E-state index in [9.17, 15) is 8.42 Å². The first-order valence-corrected chi connectivity index (χ1v) is 12.0. The summed E-state index contributed by atoms with van der Waals surface area (Å²) in [5, 5.41) is 5.74. The molecule has 2 aliphatic rings. The number of amidine groups is 1. The molecule has 0 bridgehead atoms. The molecule has 28 heavy (non-hydrogen) atoms. The van der Waals surface area contributed by atoms with Gasteiger partial charge in [0.05, 0.1) is 28.4 Å². The Hall–Kier alpha value is -2.03. The molecule has 1 N–H and O–H groups in total. The molecule has 0 aliphatic carbocycles. The molecule has 4 rings (SSSR count). The normalized spacial score (nSPS) is 20.7. The number of hydrogen-bond donors (Lipinski definition) is 1. The number of hydrogen-bond acceptors (Lipinski definition) is 5. The Labute approximate surface area is 173 Å². The Kier molecular flexibility index (Phi) is 5.11. The monoisotopic (exact) mass is 434 g/mol. The molecule has 0 amide bonds. The zero-order valence-corrected chi connectivity index (χ0v) is 17.8. The molecule has 6 nitrogen and oxygen atoms in total. The molecule has 0 fully saturated rings. The van der Waals surface area contributed by atoms with Crippen LogP contribution in [0, 0.1) is 0 Å². The zero-order valence-electron chi connectivity index (χ0n) is 15.4. The number of sulfonamides is 1. The van der Waals surface area contributed by atoms with Crippen molar-refractivity contribution in [3.63, 3.8) is 0 Å². The Bertz CT molecular complexity index is 1100. The van der Waals surface area contributed by atoms with Gasteiger partial charge in [0.15, 0.2) is 5.17 Å². The van der Waals surface area contributed by atoms with E-state index in [2.05, 4.69) is 15.5 Å². The molecular weight excluding hydrogens is 416 g/mol. The van der Waals surface area contributed by atoms with Crippen molar-refractivity contribution < 1.29 is 8.42 Å². The zero-order chi connectivity index (χ0) is 19.9. The van der Waals surface area contributed by atoms with Crippen molar-refractivity contribution in [1.29, 1.82) is 0 Å². The van der Waals surface area contributed by atoms with Gasteiger partial charge in [0.2, 0.25) is 10.0 Å². The minimum absolute atomic E-state index is 0.0737. The van der Waals surface area contributed by atoms with Crippen molar-refractivity contribution in [2.24, 2.45) is 10.1 Å². The van der Waals surface area contributed by atoms with Crippen LogP contribution in [0.25, 0.3) is 0 Å². The number of hydrazone groups is 1. The van der Waals surface area contributed by atoms with Gasteiger partial charge in [-0.2, -0.15) is 5.10 Å². The minimum atomic E-state index is -3.28. The average molecular weight is 435 g/mol. The highest BCUT2D eigenvalue weighted by Gasteiger charge is 2.32. The summed E-state index contributed by atoms with van der Waals surface area (Å²) in [6.45, 7) is 1.92. The van der Waals surface area contributed by atoms with Gasteiger partial charge in [0.1, 0.15) is 0 Å². The first-order valence-electron chi connectivity index (χ1n) is 8.74. The molecule has 0 saturated carbocycles. The van der Waals surface area contributed by atoms with Crippen molar-refractivity contribution in [1.82, 2.24) is 5.43 Å². The second-order valence-electron chi connectivity index (χ2n) is 6.78. The summed E-state index contributed by atoms with van der Waals surface area (Å²) < 4.78 is 25.6. The number of benzene rings is 2. The lowest BCUT2D eigenvalue weighted by Crippen LogP contribution is -2.34. The van der Waals surface area contributed by atoms with Gasteiger partial charge in [-0.25, -0.2) is 13.4 Å². The van der Waals surface area contributed by atoms with Crippen molar-refractivity contribution in [3.05, 3.63) is 58.6 Å². The van der Waals surface area contributed by atoms with E-state index in [-0.39, 0.29) is 6.04 Å². The van der Waals surface area contributed by atoms with E-state index in [1.54, 1.807) is 17.8 Å². The summed E-state index contributed by atoms with van der Waals surface area (Å²) in [4.78, 5) is 4.51. The predicted molar refractivity (Wildman–Crippen MR) is 118 cm³/mol. The number of thioether (sulfide) groups is 1. The third kappa shape index (κ3) is 3.76. The number of rotatable bonds is 3. The first-order chi connectivity index (χ1) is 13.3. The molecule has 0 saturated heterocycles. The number of halogens is 1. The van der Waals surface area contributed by atoms with Crippen LogP contribution in [-0.2, 0) is 16.4 Å². The molecule has 0 radical (unpaired) electrons. The largest absolute Gasteiger partial charge is 0.267 e. The molecule has 0 aromatic heterocycles. The molecule has 1 atom stereocenters. The van der Waals surface area contributed by atoms with Gasteiger partial charge in [0.25, 0.3) is 0 Å². The number of para-hydroxylation sites is 1. The SMILES string of the molecule is C[C@H]1Cc2cc(C3=NNC(=Nc4ccccc4Cl)SC3)ccc2N1S(C)(=O)=O. The van der Waals surface area contributed by atoms with Crippen LogP contribution in [0.1, 0.15) is 18.1 Å². The fourth-order valence-corrected chi connectivity index (χ4v) is 5.68. The van der Waals surface area contributed by atoms with Crippen LogP contribution in [-0.4, -0.2) is 37.3 Å². The standard InChI is InChI=1S/C19H19ClN4O2S2/c1-12-9-14-10-13(7-8-18(14)24(12)28(2,25)26)17-11-27-19(23-22-17)21-16-6-4-3-5-15(16)20/h3-8,10,12H,9,11H2,1-2H3,(H,21,23)/t12-/m0/s1. The lowest BCUT2D eigenvalue weighted by molar-refractivity contribution is 0.590. The molecule has 2 aromatic carbocycles. The maximum atomic E-state index is 12.1. The van der Waals surface area contributed by atoms with Crippen molar-refractivity contribution >= 4 is 55.6 Å². The number of anilines is 1. The quantitative estimate of drug-likeness (QED) is 0.797. The number of fused-ring (bicyclic) bond motifs is 1. The Morgan fingerprint density at radius 3 is 2.75 bits per heavy atom. The van der Waals surface area contributed by atoms with Crippen molar-refractivity contribution in [2.75, 3.05) is 16.3 Å². The fraction of sp³-hybridized carbons (Fsp3) is 0.263. The van der Waals surface area contributed by atoms with E-state index >= 15 is 0 Å². The van der Waals surface area contributed by atoms with E-state index in [1.165, 1.54) is 10.6 Å². The van der Waals surface area contributed by atoms with Gasteiger partial charge in [0, 0.05) is 11.8 Å². The van der Waals surface area contributed by atoms with Crippen LogP contribution >= 0.6 is 23.4 Å². The number of aliphatic imine (C=N–C) groups is 1. The van der Waals surface area contributed by atoms with Gasteiger partial charge in [-0.1, -0.05) is 41.6 Å². The van der Waals surface area contributed by atoms with Crippen LogP contribution in [0.5, 0.6) is 0 Å². The van der Waals surface area contributed by atoms with Gasteiger partial charge >= 0.3 is 0 Å². The molecule has 0 spiro atoms. The fourth-order valence-electron chi connectivity index (χ4n) is 3.46. The molecule has 2 heterocycles. The van der Waals surface area contributed by atoms with Crippen LogP contribution in [0.2, 0.25) is 5.02 Å². The summed E-state index contributed by atoms with van der Waals surface area (Å²) in [6, 6.07) is 13.2. The minimum Gasteiger partial charge on any atom is -0.267 e. The summed E-state index contributed by atoms with van der Waals surface area (Å²) in [6.07, 6.45) is 1.95. The highest BCUT2D eigenvalue weighted by Crippen LogP contribution is 2.35. The van der Waals surface area contributed by atoms with Crippen molar-refractivity contribution in [3.8, 4) is 0 Å². The Morgan fingerprint density at radius 2 is 2.07 bits per heavy atom. The topological polar surface area (TPSA) is 74.1 Å². The molecule has 2 aliphatic heterocycles. The number of nitrogens with zero attached hydrogens (tertiary/aromatic N) is 3. The molecule has 146 valence electrons. The van der Waals surface area contributed by atoms with Crippen LogP contribution < -0.4 is 9.73 Å². The van der Waals surface area contributed by atoms with Gasteiger partial charge in [-0.15, -0.1) is 0 Å². The second-order valence-corrected chi connectivity index (χ2v) is 10.0. The van der Waals surface area contributed by atoms with E-state index in [0.717, 1.165) is 22.5 Å². The van der Waals surface area contributed by atoms with Gasteiger partial charge in [-0.3, -0.25) is 9.73 Å². The molecule has 9 heteroatoms. The Morgan fingerprint density at radius 1 is 1.29 bits per heavy atom. The summed E-state index contributed by atoms with van der Waals surface area (Å²) in [5.41, 5.74) is 7.36. The first kappa shape index (κ1) is 19.3. The third-order valence-electron chi connectivity index (χ3n) is 4.63. The van der Waals surface area contributed by atoms with Crippen LogP contribution in [0.3, 0.4) is 0 Å². The van der Waals surface area contributed by atoms with Crippen LogP contribution in [0.4, 0.5) is 11.4 Å². The van der Waals surface area contributed by atoms with E-state index in [4.69, 9.17) is 11.6 Å². The molecular formula is C19H19ClN4O2S2. The van der Waals surface area contributed by atoms with Gasteiger partial charge < -0.3 is 0 Å². The molecule has 2 aromatic rings. The maximum Gasteiger partial charge on any atom is 0.232 e. The smallest absolute Gasteiger partial charge is 0.232 e. The Balaban J connectivity index is 1.57.